The van der Waals surface area contributed by atoms with Gasteiger partial charge >= 0.3 is 0 Å². The molecule has 49 heavy (non-hydrogen) atoms. The Morgan fingerprint density at radius 1 is 0.714 bits per heavy atom. The summed E-state index contributed by atoms with van der Waals surface area (Å²) in [6, 6.07) is 45.3. The van der Waals surface area contributed by atoms with Gasteiger partial charge in [0.15, 0.2) is 0 Å². The molecule has 5 aromatic carbocycles. The molecule has 248 valence electrons. The van der Waals surface area contributed by atoms with Crippen molar-refractivity contribution in [1.29, 1.82) is 0 Å². The maximum absolute atomic E-state index is 14.2. The van der Waals surface area contributed by atoms with Crippen LogP contribution in [0.4, 0.5) is 5.69 Å². The molecular weight excluding hydrogens is 627 g/mol. The van der Waals surface area contributed by atoms with E-state index >= 15 is 0 Å². The highest BCUT2D eigenvalue weighted by Gasteiger charge is 2.40. The fourth-order valence-electron chi connectivity index (χ4n) is 7.88. The molecule has 0 spiro atoms. The number of allylic oxidation sites excluding steroid dienone is 2. The summed E-state index contributed by atoms with van der Waals surface area (Å²) in [6.07, 6.45) is 5.41. The number of sulfonamides is 1. The molecular formula is C42H41N3O3S. The number of nitrogens with one attached hydrogen (secondary N) is 1. The lowest BCUT2D eigenvalue weighted by molar-refractivity contribution is 0.156. The molecule has 7 heteroatoms. The molecule has 3 atom stereocenters. The minimum absolute atomic E-state index is 0.0391. The van der Waals surface area contributed by atoms with E-state index in [0.29, 0.717) is 37.7 Å². The zero-order valence-electron chi connectivity index (χ0n) is 27.4. The van der Waals surface area contributed by atoms with Crippen LogP contribution in [0.15, 0.2) is 151 Å². The second-order valence-electron chi connectivity index (χ2n) is 13.2. The maximum atomic E-state index is 14.2. The fraction of sp³-hybridized carbons (Fsp3) is 0.238. The van der Waals surface area contributed by atoms with E-state index in [4.69, 9.17) is 4.74 Å². The molecule has 6 nitrogen and oxygen atoms in total. The number of hydrogen-bond donors (Lipinski definition) is 1. The lowest BCUT2D eigenvalue weighted by Gasteiger charge is -2.40. The topological polar surface area (TPSA) is 61.9 Å². The fourth-order valence-corrected chi connectivity index (χ4v) is 9.34. The monoisotopic (exact) mass is 667 g/mol. The summed E-state index contributed by atoms with van der Waals surface area (Å²) in [5.41, 5.74) is 6.72. The van der Waals surface area contributed by atoms with E-state index < -0.39 is 10.0 Å². The number of benzene rings is 5. The number of para-hydroxylation sites is 1. The minimum Gasteiger partial charge on any atom is -0.489 e. The van der Waals surface area contributed by atoms with E-state index in [9.17, 15) is 8.42 Å². The third-order valence-electron chi connectivity index (χ3n) is 10.3. The number of anilines is 1. The van der Waals surface area contributed by atoms with Gasteiger partial charge in [-0.15, -0.1) is 0 Å². The summed E-state index contributed by atoms with van der Waals surface area (Å²) >= 11 is 0. The number of ether oxygens (including phenoxy) is 1. The van der Waals surface area contributed by atoms with Crippen molar-refractivity contribution < 1.29 is 13.2 Å². The minimum atomic E-state index is -3.67. The first-order chi connectivity index (χ1) is 24.1. The zero-order chi connectivity index (χ0) is 33.2. The first-order valence-electron chi connectivity index (χ1n) is 17.2. The Labute approximate surface area is 289 Å². The number of piperazine rings is 1. The zero-order valence-corrected chi connectivity index (χ0v) is 28.3. The van der Waals surface area contributed by atoms with Crippen LogP contribution in [0.2, 0.25) is 0 Å². The average Bonchev–Trinajstić information content (AvgIpc) is 3.66. The molecule has 0 amide bonds. The van der Waals surface area contributed by atoms with Crippen LogP contribution in [-0.4, -0.2) is 43.8 Å². The lowest BCUT2D eigenvalue weighted by Crippen LogP contribution is -2.49. The molecule has 0 bridgehead atoms. The Morgan fingerprint density at radius 2 is 1.35 bits per heavy atom. The van der Waals surface area contributed by atoms with Crippen molar-refractivity contribution in [2.45, 2.75) is 35.9 Å². The van der Waals surface area contributed by atoms with Gasteiger partial charge in [-0.1, -0.05) is 121 Å². The summed E-state index contributed by atoms with van der Waals surface area (Å²) < 4.78 is 36.3. The van der Waals surface area contributed by atoms with Gasteiger partial charge in [-0.3, -0.25) is 4.90 Å². The van der Waals surface area contributed by atoms with Crippen molar-refractivity contribution in [2.75, 3.05) is 31.5 Å². The van der Waals surface area contributed by atoms with Gasteiger partial charge in [0.1, 0.15) is 12.4 Å². The van der Waals surface area contributed by atoms with Crippen molar-refractivity contribution in [3.8, 4) is 5.75 Å². The second-order valence-corrected chi connectivity index (χ2v) is 15.1. The van der Waals surface area contributed by atoms with Crippen molar-refractivity contribution in [2.24, 2.45) is 5.92 Å². The molecule has 1 saturated heterocycles. The van der Waals surface area contributed by atoms with E-state index in [-0.39, 0.29) is 23.9 Å². The molecule has 1 aliphatic carbocycles. The lowest BCUT2D eigenvalue weighted by atomic mass is 9.77. The van der Waals surface area contributed by atoms with Gasteiger partial charge in [0.05, 0.1) is 17.0 Å². The van der Waals surface area contributed by atoms with Crippen molar-refractivity contribution in [3.05, 3.63) is 173 Å². The summed E-state index contributed by atoms with van der Waals surface area (Å²) in [5, 5.41) is 3.80. The van der Waals surface area contributed by atoms with Crippen molar-refractivity contribution in [3.63, 3.8) is 0 Å². The van der Waals surface area contributed by atoms with Crippen LogP contribution in [0.3, 0.4) is 0 Å². The van der Waals surface area contributed by atoms with Crippen LogP contribution in [0.25, 0.3) is 0 Å². The number of nitrogens with zero attached hydrogens (tertiary/aromatic N) is 2. The predicted molar refractivity (Wildman–Crippen MR) is 195 cm³/mol. The highest BCUT2D eigenvalue weighted by atomic mass is 32.2. The van der Waals surface area contributed by atoms with Crippen LogP contribution in [-0.2, 0) is 16.6 Å². The molecule has 0 radical (unpaired) electrons. The van der Waals surface area contributed by atoms with E-state index in [1.54, 1.807) is 10.4 Å². The molecule has 3 aliphatic rings. The standard InChI is InChI=1S/C42H41N3O3S/c46-49(47,45-27-25-44(26-28-45)42(32-15-6-2-7-16-32)33-17-8-3-9-18-33)34-23-24-39-38(29-34)35-20-12-21-36(35)41(43-39)37-19-10-11-22-40(37)48-30-31-13-4-1-5-14-31/h1-20,22-24,29,35-36,41-43H,21,25-28,30H2. The molecule has 2 heterocycles. The van der Waals surface area contributed by atoms with Crippen molar-refractivity contribution in [1.82, 2.24) is 9.21 Å². The summed E-state index contributed by atoms with van der Waals surface area (Å²) in [6.45, 7) is 2.70. The van der Waals surface area contributed by atoms with Crippen molar-refractivity contribution >= 4 is 15.7 Å². The van der Waals surface area contributed by atoms with Gasteiger partial charge < -0.3 is 10.1 Å². The Hall–Kier alpha value is -4.69. The normalized spacial score (nSPS) is 20.8. The largest absolute Gasteiger partial charge is 0.489 e. The van der Waals surface area contributed by atoms with Gasteiger partial charge in [0, 0.05) is 43.3 Å². The molecule has 3 unspecified atom stereocenters. The Morgan fingerprint density at radius 3 is 2.04 bits per heavy atom. The first-order valence-corrected chi connectivity index (χ1v) is 18.7. The van der Waals surface area contributed by atoms with E-state index in [0.717, 1.165) is 34.5 Å². The Bertz CT molecular complexity index is 1990. The number of fused-ring (bicyclic) bond motifs is 3. The van der Waals surface area contributed by atoms with Gasteiger partial charge in [-0.2, -0.15) is 4.31 Å². The summed E-state index contributed by atoms with van der Waals surface area (Å²) in [5.74, 6) is 1.24. The van der Waals surface area contributed by atoms with Crippen LogP contribution < -0.4 is 10.1 Å². The maximum Gasteiger partial charge on any atom is 0.243 e. The number of hydrogen-bond acceptors (Lipinski definition) is 5. The molecule has 0 aromatic heterocycles. The highest BCUT2D eigenvalue weighted by molar-refractivity contribution is 7.89. The highest BCUT2D eigenvalue weighted by Crippen LogP contribution is 2.51. The third-order valence-corrected chi connectivity index (χ3v) is 12.2. The predicted octanol–water partition coefficient (Wildman–Crippen LogP) is 8.19. The van der Waals surface area contributed by atoms with Gasteiger partial charge in [0.2, 0.25) is 10.0 Å². The van der Waals surface area contributed by atoms with E-state index in [1.165, 1.54) is 11.1 Å². The average molecular weight is 668 g/mol. The first kappa shape index (κ1) is 31.6. The molecule has 1 fully saturated rings. The Balaban J connectivity index is 1.01. The summed E-state index contributed by atoms with van der Waals surface area (Å²) in [4.78, 5) is 2.77. The second kappa shape index (κ2) is 13.7. The van der Waals surface area contributed by atoms with Crippen LogP contribution in [0.5, 0.6) is 5.75 Å². The van der Waals surface area contributed by atoms with Crippen LogP contribution >= 0.6 is 0 Å². The quantitative estimate of drug-likeness (QED) is 0.161. The smallest absolute Gasteiger partial charge is 0.243 e. The van der Waals surface area contributed by atoms with Gasteiger partial charge in [0.25, 0.3) is 0 Å². The Kier molecular flexibility index (Phi) is 8.81. The third kappa shape index (κ3) is 6.30. The molecule has 5 aromatic rings. The SMILES string of the molecule is O=S(=O)(c1ccc2c(c1)C1C=CCC1C(c1ccccc1OCc1ccccc1)N2)N1CCN(C(c2ccccc2)c2ccccc2)CC1. The van der Waals surface area contributed by atoms with Gasteiger partial charge in [-0.05, 0) is 58.9 Å². The van der Waals surface area contributed by atoms with Crippen LogP contribution in [0, 0.1) is 5.92 Å². The van der Waals surface area contributed by atoms with Gasteiger partial charge in [-0.25, -0.2) is 8.42 Å². The molecule has 0 saturated carbocycles. The molecule has 2 aliphatic heterocycles. The summed E-state index contributed by atoms with van der Waals surface area (Å²) in [7, 11) is -3.67. The van der Waals surface area contributed by atoms with E-state index in [1.807, 2.05) is 54.6 Å². The molecule has 1 N–H and O–H groups in total. The van der Waals surface area contributed by atoms with E-state index in [2.05, 4.69) is 95.2 Å². The molecule has 8 rings (SSSR count). The number of rotatable bonds is 9. The van der Waals surface area contributed by atoms with Crippen LogP contribution in [0.1, 0.15) is 52.2 Å².